The Morgan fingerprint density at radius 3 is 1.21 bits per heavy atom. The van der Waals surface area contributed by atoms with Crippen molar-refractivity contribution < 1.29 is 78.2 Å². The Labute approximate surface area is 853 Å². The minimum atomic E-state index is -0.814. The van der Waals surface area contributed by atoms with Crippen LogP contribution in [0, 0.1) is 51.4 Å². The Hall–Kier alpha value is -15.4. The molecule has 0 unspecified atom stereocenters. The number of carbonyl (C=O) groups excluding carboxylic acids is 4. The summed E-state index contributed by atoms with van der Waals surface area (Å²) in [5.41, 5.74) is 29.5. The minimum Gasteiger partial charge on any atom is -0.508 e. The monoisotopic (exact) mass is 2000 g/mol. The molecule has 5 heterocycles. The molecule has 3 amide bonds. The number of carbonyl (C=O) groups is 4. The van der Waals surface area contributed by atoms with Crippen LogP contribution in [0.25, 0.3) is 38.6 Å². The number of hydrogen-bond acceptors (Lipinski definition) is 27. The highest BCUT2D eigenvalue weighted by atomic mass is 35.5. The maximum atomic E-state index is 13.3. The van der Waals surface area contributed by atoms with E-state index in [0.717, 1.165) is 162 Å². The van der Waals surface area contributed by atoms with Crippen molar-refractivity contribution in [3.8, 4) is 74.9 Å². The largest absolute Gasteiger partial charge is 0.508 e. The number of para-hydroxylation sites is 2. The Morgan fingerprint density at radius 2 is 0.814 bits per heavy atom. The second-order valence-electron chi connectivity index (χ2n) is 37.9. The van der Waals surface area contributed by atoms with E-state index >= 15 is 0 Å². The average Bonchev–Trinajstić information content (AvgIpc) is 1.64. The third kappa shape index (κ3) is 36.2. The number of nitrogen functional groups attached to an aromatic ring is 4. The van der Waals surface area contributed by atoms with E-state index in [9.17, 15) is 34.5 Å². The first-order chi connectivity index (χ1) is 68.8. The van der Waals surface area contributed by atoms with E-state index in [2.05, 4.69) is 93.7 Å². The number of aromatic nitrogens is 6. The number of nitrogens with zero attached hydrogens (tertiary/aromatic N) is 9. The molecule has 16 rings (SSSR count). The van der Waals surface area contributed by atoms with Gasteiger partial charge in [0.05, 0.1) is 84.4 Å². The summed E-state index contributed by atoms with van der Waals surface area (Å²) in [5, 5.41) is 89.8. The van der Waals surface area contributed by atoms with Crippen molar-refractivity contribution in [3.05, 3.63) is 288 Å². The van der Waals surface area contributed by atoms with E-state index in [1.165, 1.54) is 6.07 Å². The normalized spacial score (nSPS) is 12.3. The van der Waals surface area contributed by atoms with Crippen molar-refractivity contribution in [1.82, 2.24) is 39.1 Å². The number of hydrogen-bond donors (Lipinski definition) is 14. The molecular formula is C111H138ClN17O16. The number of phenols is 5. The first kappa shape index (κ1) is 115. The Morgan fingerprint density at radius 1 is 0.434 bits per heavy atom. The molecule has 2 fully saturated rings. The second kappa shape index (κ2) is 54.7. The summed E-state index contributed by atoms with van der Waals surface area (Å²) >= 11 is 4.95. The van der Waals surface area contributed by atoms with E-state index in [0.29, 0.717) is 70.6 Å². The zero-order chi connectivity index (χ0) is 106. The molecule has 0 atom stereocenters. The standard InChI is InChI=1S/C31H37N5O4.C21H23N3O3.C16H20N2O2.C14H19N3O.C7H5ClO2.C7H10N2O.C7H9NO.C7H11NO.CH4O/c1-21-9-10-22(19-26(21)37)36-29(20-28(34-36)31(2,3)4)33-30(38)32-25-11-12-27(24-8-6-5-7-23(24)25)40-18-15-35-13-16-39-17-14-35;1-14-10-11-15(12-17(14)25)24-19(13-18(23-24)21(2,3)4)22-20(26)27-16-8-6-5-7-9-16;17-15-5-6-16(14-4-2-1-3-13(14)15)20-12-9-18-7-10-19-11-8-18;1-9-5-6-10(7-11(9)18)17-13(15)8-12(16-17)14(2,3)4;8-7(9)10-6-4-2-1-3-5-6;1-5-2-3-6(9-8)4-7(5)10;1-5-2-3-6(8)4-7(5)9;1-7(2,3)6(9)4-5-8;1-2/h5-12,19-20,37H,13-18H2,1-4H3,(H2,32,33,38);5-13,25H,1-4H3,(H,22,26);1-6H,7-12,17H2;5-8,18H,15H2,1-4H3;1-5H;2-4,9-10H,8H2,1H3;2-4,9H,8H2,1H3;4H2,1-3H3;2H,1H3. The van der Waals surface area contributed by atoms with Crippen LogP contribution >= 0.6 is 11.6 Å². The molecule has 0 saturated carbocycles. The number of halogens is 1. The topological polar surface area (TPSA) is 481 Å². The van der Waals surface area contributed by atoms with Crippen LogP contribution in [-0.2, 0) is 30.5 Å². The van der Waals surface area contributed by atoms with Gasteiger partial charge in [0.2, 0.25) is 0 Å². The highest BCUT2D eigenvalue weighted by Gasteiger charge is 2.27. The number of ether oxygens (including phenoxy) is 6. The number of hydrazine groups is 1. The fourth-order valence-corrected chi connectivity index (χ4v) is 13.7. The maximum Gasteiger partial charge on any atom is 0.418 e. The van der Waals surface area contributed by atoms with E-state index in [4.69, 9.17) is 84.0 Å². The van der Waals surface area contributed by atoms with Gasteiger partial charge >= 0.3 is 17.6 Å². The number of benzene rings is 11. The van der Waals surface area contributed by atoms with Crippen LogP contribution < -0.4 is 63.4 Å². The predicted molar refractivity (Wildman–Crippen MR) is 576 cm³/mol. The lowest BCUT2D eigenvalue weighted by Gasteiger charge is -2.26. The molecule has 11 aromatic carbocycles. The summed E-state index contributed by atoms with van der Waals surface area (Å²) in [6.45, 7) is 43.2. The number of rotatable bonds is 18. The lowest BCUT2D eigenvalue weighted by molar-refractivity contribution is -0.125. The van der Waals surface area contributed by atoms with Gasteiger partial charge in [-0.25, -0.2) is 28.4 Å². The number of urea groups is 1. The summed E-state index contributed by atoms with van der Waals surface area (Å²) in [5.74, 6) is 10.3. The fraction of sp³-hybridized carbons (Fsp3) is 0.315. The first-order valence-electron chi connectivity index (χ1n) is 47.1. The number of aliphatic hydroxyl groups excluding tert-OH is 1. The van der Waals surface area contributed by atoms with E-state index in [1.54, 1.807) is 117 Å². The molecule has 0 radical (unpaired) electrons. The van der Waals surface area contributed by atoms with Gasteiger partial charge in [-0.3, -0.25) is 31.1 Å². The van der Waals surface area contributed by atoms with Gasteiger partial charge in [-0.05, 0) is 141 Å². The van der Waals surface area contributed by atoms with Gasteiger partial charge < -0.3 is 87.0 Å². The number of Topliss-reactive ketones (excluding diaryl/α,β-unsaturated/α-hetero) is 1. The van der Waals surface area contributed by atoms with E-state index in [-0.39, 0.29) is 62.6 Å². The van der Waals surface area contributed by atoms with Crippen LogP contribution in [0.15, 0.2) is 243 Å². The highest BCUT2D eigenvalue weighted by molar-refractivity contribution is 6.61. The number of aryl methyl sites for hydroxylation is 5. The molecule has 3 aromatic heterocycles. The number of amides is 3. The van der Waals surface area contributed by atoms with Crippen LogP contribution in [0.4, 0.5) is 54.6 Å². The van der Waals surface area contributed by atoms with Crippen LogP contribution in [0.1, 0.15) is 134 Å². The van der Waals surface area contributed by atoms with Crippen molar-refractivity contribution in [3.63, 3.8) is 0 Å². The van der Waals surface area contributed by atoms with Gasteiger partial charge in [0.25, 0.3) is 0 Å². The predicted octanol–water partition coefficient (Wildman–Crippen LogP) is 21.2. The summed E-state index contributed by atoms with van der Waals surface area (Å²) in [6.07, 6.45) is -0.581. The van der Waals surface area contributed by atoms with Gasteiger partial charge in [0, 0.05) is 161 Å². The molecule has 0 bridgehead atoms. The van der Waals surface area contributed by atoms with Crippen molar-refractivity contribution >= 4 is 96.7 Å². The molecule has 770 valence electrons. The molecule has 18 N–H and O–H groups in total. The summed E-state index contributed by atoms with van der Waals surface area (Å²) in [7, 11) is 1.00. The van der Waals surface area contributed by atoms with Gasteiger partial charge in [-0.1, -0.05) is 198 Å². The number of phenolic OH excluding ortho intramolecular Hbond substituents is 5. The summed E-state index contributed by atoms with van der Waals surface area (Å²) < 4.78 is 37.6. The van der Waals surface area contributed by atoms with Crippen molar-refractivity contribution in [2.24, 2.45) is 11.3 Å². The quantitative estimate of drug-likeness (QED) is 0.0164. The number of nitrogens with two attached hydrogens (primary N) is 4. The van der Waals surface area contributed by atoms with Gasteiger partial charge in [-0.15, -0.1) is 0 Å². The van der Waals surface area contributed by atoms with E-state index < -0.39 is 17.6 Å². The second-order valence-corrected chi connectivity index (χ2v) is 38.2. The van der Waals surface area contributed by atoms with Gasteiger partial charge in [-0.2, -0.15) is 20.6 Å². The Bertz CT molecular complexity index is 6610. The minimum absolute atomic E-state index is 0.00463. The first-order valence-corrected chi connectivity index (χ1v) is 47.5. The third-order valence-electron chi connectivity index (χ3n) is 22.4. The smallest absolute Gasteiger partial charge is 0.418 e. The highest BCUT2D eigenvalue weighted by Crippen LogP contribution is 2.37. The maximum absolute atomic E-state index is 13.3. The van der Waals surface area contributed by atoms with Crippen LogP contribution in [0.3, 0.4) is 0 Å². The van der Waals surface area contributed by atoms with Crippen LogP contribution in [0.5, 0.6) is 51.7 Å². The van der Waals surface area contributed by atoms with Gasteiger partial charge in [0.15, 0.2) is 5.78 Å². The molecule has 2 aliphatic rings. The number of morpholine rings is 2. The number of aliphatic hydroxyl groups is 1. The summed E-state index contributed by atoms with van der Waals surface area (Å²) in [4.78, 5) is 51.3. The number of nitrogens with one attached hydrogen (secondary N) is 4. The van der Waals surface area contributed by atoms with Gasteiger partial charge in [0.1, 0.15) is 82.4 Å². The summed E-state index contributed by atoms with van der Waals surface area (Å²) in [6, 6.07) is 74.3. The number of nitriles is 1. The van der Waals surface area contributed by atoms with E-state index in [1.807, 2.05) is 210 Å². The fourth-order valence-electron chi connectivity index (χ4n) is 13.6. The number of anilines is 7. The van der Waals surface area contributed by atoms with Crippen molar-refractivity contribution in [2.75, 3.05) is 125 Å². The number of fused-ring (bicyclic) bond motifs is 2. The van der Waals surface area contributed by atoms with Crippen LogP contribution in [-0.4, -0.2) is 179 Å². The van der Waals surface area contributed by atoms with Crippen molar-refractivity contribution in [2.45, 2.75) is 140 Å². The molecule has 2 aliphatic heterocycles. The molecule has 14 aromatic rings. The molecule has 33 nitrogen and oxygen atoms in total. The Balaban J connectivity index is 0.000000215. The lowest BCUT2D eigenvalue weighted by atomic mass is 9.89. The zero-order valence-electron chi connectivity index (χ0n) is 85.8. The molecule has 2 saturated heterocycles. The molecule has 0 aliphatic carbocycles. The average molecular weight is 2000 g/mol. The SMILES string of the molecule is CC(C)(C)C(=O)CC#N.CO.Cc1ccc(-n2nc(C(C)(C)C)cc2N)cc1O.Cc1ccc(-n2nc(C(C)(C)C)cc2NC(=O)Nc2ccc(OCCN3CCOCC3)c3ccccc23)cc1O.Cc1ccc(-n2nc(C(C)(C)C)cc2NC(=O)Oc2ccccc2)cc1O.Cc1ccc(N)cc1O.Cc1ccc(NN)cc1O.Nc1ccc(OCCN2CCOCC2)c2ccccc12.O=C(Cl)Oc1ccccc1. The lowest BCUT2D eigenvalue weighted by Crippen LogP contribution is -2.38. The van der Waals surface area contributed by atoms with Crippen molar-refractivity contribution in [1.29, 1.82) is 5.26 Å². The van der Waals surface area contributed by atoms with Crippen LogP contribution in [0.2, 0.25) is 0 Å². The Kier molecular flexibility index (Phi) is 43.3. The number of aromatic hydroxyl groups is 5. The molecule has 145 heavy (non-hydrogen) atoms. The molecule has 34 heteroatoms. The molecular weight excluding hydrogens is 1860 g/mol. The zero-order valence-corrected chi connectivity index (χ0v) is 86.5. The third-order valence-corrected chi connectivity index (χ3v) is 22.5. The molecule has 0 spiro atoms. The number of ketones is 1.